The molecule has 1 aliphatic rings. The molecule has 0 spiro atoms. The maximum atomic E-state index is 12.4. The molecule has 0 aromatic heterocycles. The number of nitrogens with one attached hydrogen (secondary N) is 1. The van der Waals surface area contributed by atoms with Crippen molar-refractivity contribution in [3.05, 3.63) is 35.9 Å². The van der Waals surface area contributed by atoms with E-state index in [1.165, 1.54) is 0 Å². The summed E-state index contributed by atoms with van der Waals surface area (Å²) in [4.78, 5) is 26.3. The van der Waals surface area contributed by atoms with Crippen molar-refractivity contribution in [2.24, 2.45) is 11.7 Å². The first-order valence-corrected chi connectivity index (χ1v) is 8.00. The summed E-state index contributed by atoms with van der Waals surface area (Å²) in [5, 5.41) is 2.91. The number of rotatable bonds is 6. The summed E-state index contributed by atoms with van der Waals surface area (Å²) < 4.78 is 0. The van der Waals surface area contributed by atoms with Gasteiger partial charge in [-0.1, -0.05) is 30.3 Å². The summed E-state index contributed by atoms with van der Waals surface area (Å²) in [6.45, 7) is 2.47. The van der Waals surface area contributed by atoms with Crippen LogP contribution in [-0.2, 0) is 16.0 Å². The Morgan fingerprint density at radius 2 is 2.05 bits per heavy atom. The molecule has 5 heteroatoms. The molecule has 1 aromatic carbocycles. The first kappa shape index (κ1) is 16.5. The molecule has 0 bridgehead atoms. The van der Waals surface area contributed by atoms with Gasteiger partial charge in [0.05, 0.1) is 12.3 Å². The topological polar surface area (TPSA) is 75.4 Å². The van der Waals surface area contributed by atoms with Crippen molar-refractivity contribution in [1.82, 2.24) is 10.2 Å². The van der Waals surface area contributed by atoms with Crippen LogP contribution in [-0.4, -0.2) is 42.9 Å². The lowest BCUT2D eigenvalue weighted by Gasteiger charge is -2.32. The number of carbonyl (C=O) groups is 2. The standard InChI is InChI=1S/C17H25N3O2/c18-9-5-10-19-17(22)15-8-4-11-20(13-15)16(21)12-14-6-2-1-3-7-14/h1-3,6-7,15H,4-5,8-13,18H2,(H,19,22). The Balaban J connectivity index is 1.84. The lowest BCUT2D eigenvalue weighted by molar-refractivity contribution is -0.135. The molecule has 1 saturated heterocycles. The molecule has 5 nitrogen and oxygen atoms in total. The van der Waals surface area contributed by atoms with Crippen LogP contribution in [0.5, 0.6) is 0 Å². The Morgan fingerprint density at radius 1 is 1.27 bits per heavy atom. The molecule has 0 radical (unpaired) electrons. The van der Waals surface area contributed by atoms with Gasteiger partial charge in [0, 0.05) is 19.6 Å². The van der Waals surface area contributed by atoms with Crippen LogP contribution in [0.15, 0.2) is 30.3 Å². The average Bonchev–Trinajstić information content (AvgIpc) is 2.56. The summed E-state index contributed by atoms with van der Waals surface area (Å²) in [6.07, 6.45) is 2.93. The minimum absolute atomic E-state index is 0.0469. The molecule has 2 rings (SSSR count). The fraction of sp³-hybridized carbons (Fsp3) is 0.529. The zero-order chi connectivity index (χ0) is 15.8. The van der Waals surface area contributed by atoms with E-state index in [1.54, 1.807) is 0 Å². The van der Waals surface area contributed by atoms with Gasteiger partial charge in [-0.25, -0.2) is 0 Å². The summed E-state index contributed by atoms with van der Waals surface area (Å²) in [5.74, 6) is 0.0579. The number of piperidine rings is 1. The van der Waals surface area contributed by atoms with Gasteiger partial charge in [0.2, 0.25) is 11.8 Å². The highest BCUT2D eigenvalue weighted by Crippen LogP contribution is 2.17. The van der Waals surface area contributed by atoms with Crippen molar-refractivity contribution >= 4 is 11.8 Å². The molecule has 1 fully saturated rings. The first-order valence-electron chi connectivity index (χ1n) is 8.00. The van der Waals surface area contributed by atoms with Crippen LogP contribution < -0.4 is 11.1 Å². The zero-order valence-corrected chi connectivity index (χ0v) is 13.0. The number of hydrogen-bond acceptors (Lipinski definition) is 3. The second-order valence-electron chi connectivity index (χ2n) is 5.77. The van der Waals surface area contributed by atoms with Gasteiger partial charge in [-0.3, -0.25) is 9.59 Å². The summed E-state index contributed by atoms with van der Waals surface area (Å²) in [5.41, 5.74) is 6.44. The van der Waals surface area contributed by atoms with Gasteiger partial charge in [0.25, 0.3) is 0 Å². The van der Waals surface area contributed by atoms with Crippen molar-refractivity contribution in [2.45, 2.75) is 25.7 Å². The van der Waals surface area contributed by atoms with E-state index in [0.29, 0.717) is 26.1 Å². The highest BCUT2D eigenvalue weighted by atomic mass is 16.2. The fourth-order valence-corrected chi connectivity index (χ4v) is 2.76. The summed E-state index contributed by atoms with van der Waals surface area (Å²) >= 11 is 0. The summed E-state index contributed by atoms with van der Waals surface area (Å²) in [7, 11) is 0. The molecule has 2 amide bonds. The van der Waals surface area contributed by atoms with E-state index < -0.39 is 0 Å². The van der Waals surface area contributed by atoms with Crippen LogP contribution >= 0.6 is 0 Å². The smallest absolute Gasteiger partial charge is 0.227 e. The van der Waals surface area contributed by atoms with Crippen LogP contribution in [0.4, 0.5) is 0 Å². The third-order valence-corrected chi connectivity index (χ3v) is 4.02. The molecular weight excluding hydrogens is 278 g/mol. The Bertz CT molecular complexity index is 490. The zero-order valence-electron chi connectivity index (χ0n) is 13.0. The molecule has 1 aromatic rings. The molecule has 1 heterocycles. The molecule has 0 aliphatic carbocycles. The molecule has 1 atom stereocenters. The molecular formula is C17H25N3O2. The first-order chi connectivity index (χ1) is 10.7. The molecule has 0 saturated carbocycles. The number of nitrogens with zero attached hydrogens (tertiary/aromatic N) is 1. The third kappa shape index (κ3) is 4.84. The second kappa shape index (κ2) is 8.54. The monoisotopic (exact) mass is 303 g/mol. The van der Waals surface area contributed by atoms with Crippen molar-refractivity contribution in [1.29, 1.82) is 0 Å². The number of likely N-dealkylation sites (tertiary alicyclic amines) is 1. The average molecular weight is 303 g/mol. The maximum absolute atomic E-state index is 12.4. The predicted molar refractivity (Wildman–Crippen MR) is 86.1 cm³/mol. The van der Waals surface area contributed by atoms with E-state index in [-0.39, 0.29) is 17.7 Å². The fourth-order valence-electron chi connectivity index (χ4n) is 2.76. The number of benzene rings is 1. The van der Waals surface area contributed by atoms with Crippen LogP contribution in [0.1, 0.15) is 24.8 Å². The van der Waals surface area contributed by atoms with E-state index in [9.17, 15) is 9.59 Å². The van der Waals surface area contributed by atoms with E-state index in [4.69, 9.17) is 5.73 Å². The lowest BCUT2D eigenvalue weighted by atomic mass is 9.96. The Kier molecular flexibility index (Phi) is 6.40. The lowest BCUT2D eigenvalue weighted by Crippen LogP contribution is -2.46. The highest BCUT2D eigenvalue weighted by Gasteiger charge is 2.28. The van der Waals surface area contributed by atoms with Gasteiger partial charge < -0.3 is 16.0 Å². The largest absolute Gasteiger partial charge is 0.356 e. The van der Waals surface area contributed by atoms with Crippen molar-refractivity contribution in [2.75, 3.05) is 26.2 Å². The van der Waals surface area contributed by atoms with E-state index in [0.717, 1.165) is 31.4 Å². The molecule has 1 unspecified atom stereocenters. The van der Waals surface area contributed by atoms with Gasteiger partial charge in [0.15, 0.2) is 0 Å². The minimum atomic E-state index is -0.0914. The van der Waals surface area contributed by atoms with Gasteiger partial charge in [-0.2, -0.15) is 0 Å². The van der Waals surface area contributed by atoms with Crippen LogP contribution in [0.2, 0.25) is 0 Å². The van der Waals surface area contributed by atoms with Gasteiger partial charge >= 0.3 is 0 Å². The summed E-state index contributed by atoms with van der Waals surface area (Å²) in [6, 6.07) is 9.73. The molecule has 22 heavy (non-hydrogen) atoms. The van der Waals surface area contributed by atoms with Crippen molar-refractivity contribution in [3.8, 4) is 0 Å². The maximum Gasteiger partial charge on any atom is 0.227 e. The van der Waals surface area contributed by atoms with Crippen LogP contribution in [0.25, 0.3) is 0 Å². The highest BCUT2D eigenvalue weighted by molar-refractivity contribution is 5.82. The Hall–Kier alpha value is -1.88. The number of amides is 2. The van der Waals surface area contributed by atoms with E-state index in [2.05, 4.69) is 5.32 Å². The quantitative estimate of drug-likeness (QED) is 0.768. The number of hydrogen-bond donors (Lipinski definition) is 2. The molecule has 1 aliphatic heterocycles. The van der Waals surface area contributed by atoms with Gasteiger partial charge in [-0.05, 0) is 31.4 Å². The number of carbonyl (C=O) groups excluding carboxylic acids is 2. The third-order valence-electron chi connectivity index (χ3n) is 4.02. The Morgan fingerprint density at radius 3 is 2.77 bits per heavy atom. The van der Waals surface area contributed by atoms with E-state index in [1.807, 2.05) is 35.2 Å². The van der Waals surface area contributed by atoms with Crippen LogP contribution in [0, 0.1) is 5.92 Å². The normalized spacial score (nSPS) is 18.0. The molecule has 3 N–H and O–H groups in total. The Labute approximate surface area is 131 Å². The second-order valence-corrected chi connectivity index (χ2v) is 5.77. The van der Waals surface area contributed by atoms with Crippen LogP contribution in [0.3, 0.4) is 0 Å². The van der Waals surface area contributed by atoms with Crippen molar-refractivity contribution in [3.63, 3.8) is 0 Å². The van der Waals surface area contributed by atoms with Gasteiger partial charge in [0.1, 0.15) is 0 Å². The molecule has 120 valence electrons. The van der Waals surface area contributed by atoms with Crippen molar-refractivity contribution < 1.29 is 9.59 Å². The van der Waals surface area contributed by atoms with E-state index >= 15 is 0 Å². The van der Waals surface area contributed by atoms with Gasteiger partial charge in [-0.15, -0.1) is 0 Å². The SMILES string of the molecule is NCCCNC(=O)C1CCCN(C(=O)Cc2ccccc2)C1. The number of nitrogens with two attached hydrogens (primary N) is 1. The predicted octanol–water partition coefficient (Wildman–Crippen LogP) is 0.933. The minimum Gasteiger partial charge on any atom is -0.356 e.